The summed E-state index contributed by atoms with van der Waals surface area (Å²) in [5.74, 6) is 0.349. The van der Waals surface area contributed by atoms with E-state index in [1.807, 2.05) is 6.07 Å². The van der Waals surface area contributed by atoms with Gasteiger partial charge in [-0.1, -0.05) is 12.1 Å². The van der Waals surface area contributed by atoms with Crippen LogP contribution in [0.5, 0.6) is 17.2 Å². The molecule has 0 heterocycles. The van der Waals surface area contributed by atoms with E-state index in [1.54, 1.807) is 43.3 Å². The molecular formula is C19H18N2O4. The molecule has 0 unspecified atom stereocenters. The van der Waals surface area contributed by atoms with Crippen LogP contribution in [0.2, 0.25) is 0 Å². The first-order valence-corrected chi connectivity index (χ1v) is 7.60. The predicted octanol–water partition coefficient (Wildman–Crippen LogP) is 3.35. The molecule has 6 nitrogen and oxygen atoms in total. The molecule has 0 radical (unpaired) electrons. The maximum atomic E-state index is 12.3. The van der Waals surface area contributed by atoms with Crippen molar-refractivity contribution in [2.45, 2.75) is 6.92 Å². The predicted molar refractivity (Wildman–Crippen MR) is 94.5 cm³/mol. The van der Waals surface area contributed by atoms with Gasteiger partial charge < -0.3 is 19.9 Å². The molecule has 128 valence electrons. The summed E-state index contributed by atoms with van der Waals surface area (Å²) < 4.78 is 10.4. The van der Waals surface area contributed by atoms with Gasteiger partial charge in [-0.15, -0.1) is 0 Å². The number of ether oxygens (including phenoxy) is 2. The van der Waals surface area contributed by atoms with Crippen LogP contribution in [-0.2, 0) is 4.79 Å². The molecule has 0 fully saturated rings. The number of phenols is 1. The zero-order valence-corrected chi connectivity index (χ0v) is 13.9. The van der Waals surface area contributed by atoms with Crippen LogP contribution in [0.25, 0.3) is 6.08 Å². The van der Waals surface area contributed by atoms with Gasteiger partial charge in [0, 0.05) is 11.8 Å². The van der Waals surface area contributed by atoms with Crippen molar-refractivity contribution in [3.63, 3.8) is 0 Å². The highest BCUT2D eigenvalue weighted by molar-refractivity contribution is 6.09. The minimum Gasteiger partial charge on any atom is -0.504 e. The maximum absolute atomic E-state index is 12.3. The number of hydrogen-bond acceptors (Lipinski definition) is 5. The third-order valence-electron chi connectivity index (χ3n) is 3.29. The topological polar surface area (TPSA) is 91.6 Å². The number of nitriles is 1. The van der Waals surface area contributed by atoms with E-state index in [1.165, 1.54) is 19.3 Å². The van der Waals surface area contributed by atoms with E-state index in [0.29, 0.717) is 29.4 Å². The molecule has 0 atom stereocenters. The molecule has 0 bridgehead atoms. The largest absolute Gasteiger partial charge is 0.504 e. The van der Waals surface area contributed by atoms with Crippen LogP contribution in [0.1, 0.15) is 12.5 Å². The normalized spacial score (nSPS) is 10.7. The monoisotopic (exact) mass is 338 g/mol. The quantitative estimate of drug-likeness (QED) is 0.622. The first-order valence-electron chi connectivity index (χ1n) is 7.60. The molecule has 0 saturated carbocycles. The molecule has 0 spiro atoms. The van der Waals surface area contributed by atoms with Gasteiger partial charge in [0.1, 0.15) is 17.4 Å². The van der Waals surface area contributed by atoms with Crippen LogP contribution in [-0.4, -0.2) is 24.7 Å². The van der Waals surface area contributed by atoms with E-state index >= 15 is 0 Å². The van der Waals surface area contributed by atoms with Crippen molar-refractivity contribution < 1.29 is 19.4 Å². The molecule has 2 aromatic rings. The Morgan fingerprint density at radius 3 is 2.80 bits per heavy atom. The first-order chi connectivity index (χ1) is 12.1. The van der Waals surface area contributed by atoms with E-state index in [4.69, 9.17) is 9.47 Å². The number of hydrogen-bond donors (Lipinski definition) is 2. The third kappa shape index (κ3) is 4.75. The number of anilines is 1. The van der Waals surface area contributed by atoms with Crippen LogP contribution >= 0.6 is 0 Å². The minimum absolute atomic E-state index is 0.00154. The van der Waals surface area contributed by atoms with Crippen LogP contribution in [0.4, 0.5) is 5.69 Å². The lowest BCUT2D eigenvalue weighted by Gasteiger charge is -2.08. The Hall–Kier alpha value is -3.46. The van der Waals surface area contributed by atoms with E-state index in [-0.39, 0.29) is 11.3 Å². The second-order valence-electron chi connectivity index (χ2n) is 5.02. The fourth-order valence-electron chi connectivity index (χ4n) is 2.11. The number of amides is 1. The summed E-state index contributed by atoms with van der Waals surface area (Å²) in [6.45, 7) is 2.19. The number of nitrogens with one attached hydrogen (secondary N) is 1. The lowest BCUT2D eigenvalue weighted by molar-refractivity contribution is -0.112. The van der Waals surface area contributed by atoms with Crippen molar-refractivity contribution in [2.75, 3.05) is 19.0 Å². The second-order valence-corrected chi connectivity index (χ2v) is 5.02. The van der Waals surface area contributed by atoms with Gasteiger partial charge >= 0.3 is 0 Å². The van der Waals surface area contributed by atoms with Crippen molar-refractivity contribution >= 4 is 17.7 Å². The highest BCUT2D eigenvalue weighted by Crippen LogP contribution is 2.28. The van der Waals surface area contributed by atoms with E-state index in [9.17, 15) is 15.2 Å². The molecule has 25 heavy (non-hydrogen) atoms. The summed E-state index contributed by atoms with van der Waals surface area (Å²) in [7, 11) is 1.53. The summed E-state index contributed by atoms with van der Waals surface area (Å²) in [5, 5.41) is 21.6. The van der Waals surface area contributed by atoms with Crippen molar-refractivity contribution in [3.8, 4) is 23.3 Å². The lowest BCUT2D eigenvalue weighted by atomic mass is 10.1. The number of carbonyl (C=O) groups is 1. The summed E-state index contributed by atoms with van der Waals surface area (Å²) in [5.41, 5.74) is 1.01. The fraction of sp³-hybridized carbons (Fsp3) is 0.158. The van der Waals surface area contributed by atoms with Crippen LogP contribution < -0.4 is 14.8 Å². The number of nitrogens with zero attached hydrogens (tertiary/aromatic N) is 1. The van der Waals surface area contributed by atoms with E-state index < -0.39 is 5.91 Å². The number of rotatable bonds is 6. The molecule has 2 aromatic carbocycles. The van der Waals surface area contributed by atoms with Gasteiger partial charge in [-0.05, 0) is 42.8 Å². The Kier molecular flexibility index (Phi) is 6.02. The van der Waals surface area contributed by atoms with Gasteiger partial charge in [0.15, 0.2) is 11.5 Å². The van der Waals surface area contributed by atoms with Crippen molar-refractivity contribution in [1.82, 2.24) is 0 Å². The number of aromatic hydroxyl groups is 1. The lowest BCUT2D eigenvalue weighted by Crippen LogP contribution is -2.13. The zero-order valence-electron chi connectivity index (χ0n) is 13.9. The van der Waals surface area contributed by atoms with Gasteiger partial charge in [0.25, 0.3) is 5.91 Å². The highest BCUT2D eigenvalue weighted by atomic mass is 16.5. The smallest absolute Gasteiger partial charge is 0.266 e. The Morgan fingerprint density at radius 1 is 1.32 bits per heavy atom. The SMILES string of the molecule is CCOc1cc(/C=C(\C#N)C(=O)Nc2cccc(OC)c2)ccc1O. The Morgan fingerprint density at radius 2 is 2.12 bits per heavy atom. The molecule has 0 aromatic heterocycles. The maximum Gasteiger partial charge on any atom is 0.266 e. The van der Waals surface area contributed by atoms with E-state index in [0.717, 1.165) is 0 Å². The van der Waals surface area contributed by atoms with Gasteiger partial charge in [0.05, 0.1) is 13.7 Å². The van der Waals surface area contributed by atoms with Crippen molar-refractivity contribution in [2.24, 2.45) is 0 Å². The Bertz CT molecular complexity index is 838. The minimum atomic E-state index is -0.540. The molecule has 0 aliphatic carbocycles. The van der Waals surface area contributed by atoms with Gasteiger partial charge in [-0.3, -0.25) is 4.79 Å². The molecule has 2 rings (SSSR count). The standard InChI is InChI=1S/C19H18N2O4/c1-3-25-18-10-13(7-8-17(18)22)9-14(12-20)19(23)21-15-5-4-6-16(11-15)24-2/h4-11,22H,3H2,1-2H3,(H,21,23)/b14-9+. The first kappa shape index (κ1) is 17.9. The van der Waals surface area contributed by atoms with Gasteiger partial charge in [-0.2, -0.15) is 5.26 Å². The summed E-state index contributed by atoms with van der Waals surface area (Å²) in [6.07, 6.45) is 1.43. The molecule has 0 aliphatic heterocycles. The van der Waals surface area contributed by atoms with Crippen molar-refractivity contribution in [3.05, 3.63) is 53.6 Å². The van der Waals surface area contributed by atoms with Crippen LogP contribution in [0, 0.1) is 11.3 Å². The Labute approximate surface area is 145 Å². The number of phenolic OH excluding ortho intramolecular Hbond substituents is 1. The molecule has 6 heteroatoms. The molecule has 0 aliphatic rings. The summed E-state index contributed by atoms with van der Waals surface area (Å²) in [6, 6.07) is 13.3. The average molecular weight is 338 g/mol. The number of methoxy groups -OCH3 is 1. The molecule has 2 N–H and O–H groups in total. The summed E-state index contributed by atoms with van der Waals surface area (Å²) >= 11 is 0. The third-order valence-corrected chi connectivity index (χ3v) is 3.29. The zero-order chi connectivity index (χ0) is 18.2. The highest BCUT2D eigenvalue weighted by Gasteiger charge is 2.11. The molecular weight excluding hydrogens is 320 g/mol. The average Bonchev–Trinajstić information content (AvgIpc) is 2.62. The van der Waals surface area contributed by atoms with Crippen LogP contribution in [0.15, 0.2) is 48.0 Å². The number of carbonyl (C=O) groups excluding carboxylic acids is 1. The molecule has 1 amide bonds. The Balaban J connectivity index is 2.23. The van der Waals surface area contributed by atoms with Crippen molar-refractivity contribution in [1.29, 1.82) is 5.26 Å². The fourth-order valence-corrected chi connectivity index (χ4v) is 2.11. The molecule has 0 saturated heterocycles. The van der Waals surface area contributed by atoms with E-state index in [2.05, 4.69) is 5.32 Å². The second kappa shape index (κ2) is 8.41. The summed E-state index contributed by atoms with van der Waals surface area (Å²) in [4.78, 5) is 12.3. The van der Waals surface area contributed by atoms with Gasteiger partial charge in [-0.25, -0.2) is 0 Å². The van der Waals surface area contributed by atoms with Crippen LogP contribution in [0.3, 0.4) is 0 Å². The number of benzene rings is 2. The van der Waals surface area contributed by atoms with Gasteiger partial charge in [0.2, 0.25) is 0 Å².